The Morgan fingerprint density at radius 3 is 2.81 bits per heavy atom. The van der Waals surface area contributed by atoms with Crippen LogP contribution in [0.1, 0.15) is 26.2 Å². The molecule has 0 aromatic carbocycles. The van der Waals surface area contributed by atoms with Gasteiger partial charge in [0.2, 0.25) is 5.96 Å². The summed E-state index contributed by atoms with van der Waals surface area (Å²) in [5, 5.41) is 0. The van der Waals surface area contributed by atoms with Crippen LogP contribution in [-0.2, 0) is 4.74 Å². The van der Waals surface area contributed by atoms with E-state index in [4.69, 9.17) is 10.6 Å². The highest BCUT2D eigenvalue weighted by atomic mass is 16.5. The van der Waals surface area contributed by atoms with Gasteiger partial charge in [0, 0.05) is 20.2 Å². The van der Waals surface area contributed by atoms with Crippen LogP contribution >= 0.6 is 0 Å². The highest BCUT2D eigenvalue weighted by molar-refractivity contribution is 5.79. The Labute approximate surface area is 98.0 Å². The molecule has 0 radical (unpaired) electrons. The fraction of sp³-hybridized carbons (Fsp3) is 0.909. The third-order valence-electron chi connectivity index (χ3n) is 2.65. The van der Waals surface area contributed by atoms with Gasteiger partial charge >= 0.3 is 0 Å². The minimum absolute atomic E-state index is 0.634. The summed E-state index contributed by atoms with van der Waals surface area (Å²) in [6, 6.07) is 0. The highest BCUT2D eigenvalue weighted by Gasteiger charge is 2.25. The van der Waals surface area contributed by atoms with E-state index < -0.39 is 0 Å². The van der Waals surface area contributed by atoms with Crippen molar-refractivity contribution in [3.05, 3.63) is 0 Å². The number of methoxy groups -OCH3 is 1. The summed E-state index contributed by atoms with van der Waals surface area (Å²) >= 11 is 0. The van der Waals surface area contributed by atoms with Gasteiger partial charge in [-0.05, 0) is 25.2 Å². The second-order valence-corrected chi connectivity index (χ2v) is 4.23. The van der Waals surface area contributed by atoms with E-state index in [9.17, 15) is 0 Å². The number of ether oxygens (including phenoxy) is 1. The molecule has 0 aliphatic heterocycles. The lowest BCUT2D eigenvalue weighted by atomic mass is 10.3. The van der Waals surface area contributed by atoms with Crippen molar-refractivity contribution in [3.8, 4) is 0 Å². The number of guanidine groups is 1. The molecule has 5 heteroatoms. The van der Waals surface area contributed by atoms with E-state index in [1.165, 1.54) is 12.8 Å². The van der Waals surface area contributed by atoms with Gasteiger partial charge in [-0.1, -0.05) is 6.92 Å². The van der Waals surface area contributed by atoms with Gasteiger partial charge in [-0.2, -0.15) is 0 Å². The lowest BCUT2D eigenvalue weighted by molar-refractivity contribution is 0.207. The molecule has 0 spiro atoms. The van der Waals surface area contributed by atoms with Gasteiger partial charge in [0.1, 0.15) is 0 Å². The van der Waals surface area contributed by atoms with Gasteiger partial charge in [0.05, 0.1) is 13.2 Å². The molecular formula is C11H24N4O. The van der Waals surface area contributed by atoms with E-state index in [0.29, 0.717) is 13.2 Å². The van der Waals surface area contributed by atoms with Crippen molar-refractivity contribution in [2.24, 2.45) is 16.8 Å². The van der Waals surface area contributed by atoms with Crippen molar-refractivity contribution in [1.29, 1.82) is 0 Å². The lowest BCUT2D eigenvalue weighted by Gasteiger charge is -2.25. The number of aliphatic imine (C=N–C) groups is 1. The van der Waals surface area contributed by atoms with Crippen LogP contribution in [0.25, 0.3) is 0 Å². The average molecular weight is 228 g/mol. The summed E-state index contributed by atoms with van der Waals surface area (Å²) in [5.74, 6) is 7.16. The maximum atomic E-state index is 5.52. The molecule has 0 atom stereocenters. The summed E-state index contributed by atoms with van der Waals surface area (Å²) in [4.78, 5) is 6.66. The Hall–Kier alpha value is -0.810. The summed E-state index contributed by atoms with van der Waals surface area (Å²) < 4.78 is 4.98. The first-order valence-corrected chi connectivity index (χ1v) is 6.06. The van der Waals surface area contributed by atoms with Crippen LogP contribution in [0.5, 0.6) is 0 Å². The van der Waals surface area contributed by atoms with E-state index in [1.54, 1.807) is 7.11 Å². The maximum absolute atomic E-state index is 5.52. The van der Waals surface area contributed by atoms with E-state index in [-0.39, 0.29) is 0 Å². The molecule has 0 saturated heterocycles. The number of hydrogen-bond donors (Lipinski definition) is 2. The molecule has 1 aliphatic rings. The van der Waals surface area contributed by atoms with Gasteiger partial charge in [0.25, 0.3) is 0 Å². The second kappa shape index (κ2) is 7.46. The molecule has 0 heterocycles. The standard InChI is InChI=1S/C11H24N4O/c1-3-7-15(9-10-4-5-10)11(14-12)13-6-8-16-2/h10H,3-9,12H2,1-2H3,(H,13,14). The van der Waals surface area contributed by atoms with Gasteiger partial charge in [-0.15, -0.1) is 0 Å². The van der Waals surface area contributed by atoms with Gasteiger partial charge < -0.3 is 9.64 Å². The molecular weight excluding hydrogens is 204 g/mol. The molecule has 5 nitrogen and oxygen atoms in total. The monoisotopic (exact) mass is 228 g/mol. The fourth-order valence-electron chi connectivity index (χ4n) is 1.65. The first-order valence-electron chi connectivity index (χ1n) is 6.06. The number of hydrazine groups is 1. The number of nitrogens with two attached hydrogens (primary N) is 1. The zero-order valence-corrected chi connectivity index (χ0v) is 10.4. The van der Waals surface area contributed by atoms with Crippen LogP contribution < -0.4 is 11.3 Å². The molecule has 16 heavy (non-hydrogen) atoms. The predicted octanol–water partition coefficient (Wildman–Crippen LogP) is 0.574. The predicted molar refractivity (Wildman–Crippen MR) is 66.1 cm³/mol. The largest absolute Gasteiger partial charge is 0.383 e. The third kappa shape index (κ3) is 4.81. The first kappa shape index (κ1) is 13.3. The minimum atomic E-state index is 0.634. The van der Waals surface area contributed by atoms with Gasteiger partial charge in [-0.25, -0.2) is 10.8 Å². The van der Waals surface area contributed by atoms with Gasteiger partial charge in [0.15, 0.2) is 0 Å². The Bertz CT molecular complexity index is 216. The summed E-state index contributed by atoms with van der Waals surface area (Å²) in [6.07, 6.45) is 3.80. The van der Waals surface area contributed by atoms with Crippen molar-refractivity contribution in [2.75, 3.05) is 33.4 Å². The van der Waals surface area contributed by atoms with Gasteiger partial charge in [-0.3, -0.25) is 5.43 Å². The molecule has 94 valence electrons. The maximum Gasteiger partial charge on any atom is 0.208 e. The second-order valence-electron chi connectivity index (χ2n) is 4.23. The minimum Gasteiger partial charge on any atom is -0.383 e. The molecule has 0 aromatic heterocycles. The molecule has 1 rings (SSSR count). The third-order valence-corrected chi connectivity index (χ3v) is 2.65. The van der Waals surface area contributed by atoms with Crippen molar-refractivity contribution >= 4 is 5.96 Å². The van der Waals surface area contributed by atoms with Crippen LogP contribution in [-0.4, -0.2) is 44.2 Å². The molecule has 3 N–H and O–H groups in total. The number of rotatable bonds is 7. The summed E-state index contributed by atoms with van der Waals surface area (Å²) in [6.45, 7) is 5.54. The fourth-order valence-corrected chi connectivity index (χ4v) is 1.65. The average Bonchev–Trinajstić information content (AvgIpc) is 3.08. The van der Waals surface area contributed by atoms with Crippen LogP contribution in [0.4, 0.5) is 0 Å². The SMILES string of the molecule is CCCN(CC1CC1)C(=NCCOC)NN. The van der Waals surface area contributed by atoms with Crippen LogP contribution in [0.2, 0.25) is 0 Å². The van der Waals surface area contributed by atoms with Crippen LogP contribution in [0.15, 0.2) is 4.99 Å². The Morgan fingerprint density at radius 2 is 2.31 bits per heavy atom. The zero-order chi connectivity index (χ0) is 11.8. The van der Waals surface area contributed by atoms with Crippen LogP contribution in [0.3, 0.4) is 0 Å². The van der Waals surface area contributed by atoms with Crippen molar-refractivity contribution < 1.29 is 4.74 Å². The molecule has 0 unspecified atom stereocenters. The topological polar surface area (TPSA) is 62.9 Å². The molecule has 0 amide bonds. The molecule has 1 aliphatic carbocycles. The van der Waals surface area contributed by atoms with E-state index in [0.717, 1.165) is 31.4 Å². The number of nitrogens with zero attached hydrogens (tertiary/aromatic N) is 2. The van der Waals surface area contributed by atoms with E-state index in [2.05, 4.69) is 22.2 Å². The van der Waals surface area contributed by atoms with E-state index in [1.807, 2.05) is 0 Å². The molecule has 1 fully saturated rings. The smallest absolute Gasteiger partial charge is 0.208 e. The van der Waals surface area contributed by atoms with Crippen molar-refractivity contribution in [2.45, 2.75) is 26.2 Å². The number of nitrogens with one attached hydrogen (secondary N) is 1. The summed E-state index contributed by atoms with van der Waals surface area (Å²) in [7, 11) is 1.68. The Morgan fingerprint density at radius 1 is 1.56 bits per heavy atom. The quantitative estimate of drug-likeness (QED) is 0.220. The molecule has 0 bridgehead atoms. The lowest BCUT2D eigenvalue weighted by Crippen LogP contribution is -2.46. The van der Waals surface area contributed by atoms with Crippen molar-refractivity contribution in [1.82, 2.24) is 10.3 Å². The highest BCUT2D eigenvalue weighted by Crippen LogP contribution is 2.29. The summed E-state index contributed by atoms with van der Waals surface area (Å²) in [5.41, 5.74) is 2.70. The first-order chi connectivity index (χ1) is 7.81. The molecule has 0 aromatic rings. The Balaban J connectivity index is 2.45. The van der Waals surface area contributed by atoms with Crippen LogP contribution in [0, 0.1) is 5.92 Å². The number of hydrogen-bond acceptors (Lipinski definition) is 3. The van der Waals surface area contributed by atoms with E-state index >= 15 is 0 Å². The zero-order valence-electron chi connectivity index (χ0n) is 10.4. The normalized spacial score (nSPS) is 16.3. The Kier molecular flexibility index (Phi) is 6.18. The molecule has 1 saturated carbocycles. The van der Waals surface area contributed by atoms with Crippen molar-refractivity contribution in [3.63, 3.8) is 0 Å².